The van der Waals surface area contributed by atoms with Crippen LogP contribution in [0.5, 0.6) is 0 Å². The zero-order valence-electron chi connectivity index (χ0n) is 15.6. The lowest BCUT2D eigenvalue weighted by Gasteiger charge is -2.35. The summed E-state index contributed by atoms with van der Waals surface area (Å²) in [6.07, 6.45) is -5.32. The molecule has 5 nitrogen and oxygen atoms in total. The molecule has 0 aromatic heterocycles. The summed E-state index contributed by atoms with van der Waals surface area (Å²) in [6.45, 7) is -0.730. The first-order valence-electron chi connectivity index (χ1n) is 9.33. The van der Waals surface area contributed by atoms with Gasteiger partial charge in [0.2, 0.25) is 11.8 Å². The van der Waals surface area contributed by atoms with E-state index >= 15 is 0 Å². The van der Waals surface area contributed by atoms with Crippen LogP contribution in [0, 0.1) is 0 Å². The van der Waals surface area contributed by atoms with E-state index in [1.807, 2.05) is 0 Å². The van der Waals surface area contributed by atoms with Gasteiger partial charge in [0.1, 0.15) is 0 Å². The summed E-state index contributed by atoms with van der Waals surface area (Å²) < 4.78 is 66.4. The molecule has 0 aliphatic carbocycles. The van der Waals surface area contributed by atoms with E-state index in [1.165, 1.54) is 11.0 Å². The smallest absolute Gasteiger partial charge is 0.338 e. The minimum atomic E-state index is -4.46. The summed E-state index contributed by atoms with van der Waals surface area (Å²) in [7, 11) is 0. The van der Waals surface area contributed by atoms with Gasteiger partial charge in [-0.15, -0.1) is 0 Å². The van der Waals surface area contributed by atoms with Gasteiger partial charge in [0.05, 0.1) is 12.1 Å². The molecule has 1 aromatic rings. The van der Waals surface area contributed by atoms with Gasteiger partial charge >= 0.3 is 6.18 Å². The number of halogens is 5. The van der Waals surface area contributed by atoms with Crippen molar-refractivity contribution in [3.8, 4) is 0 Å². The summed E-state index contributed by atoms with van der Waals surface area (Å²) in [6, 6.07) is 3.06. The van der Waals surface area contributed by atoms with Gasteiger partial charge < -0.3 is 15.5 Å². The average molecular weight is 419 g/mol. The molecule has 160 valence electrons. The number of piperidine rings is 1. The molecule has 2 aliphatic heterocycles. The Labute approximate surface area is 164 Å². The molecule has 0 saturated carbocycles. The van der Waals surface area contributed by atoms with Gasteiger partial charge in [-0.1, -0.05) is 12.1 Å². The molecule has 1 atom stereocenters. The van der Waals surface area contributed by atoms with Crippen LogP contribution >= 0.6 is 0 Å². The van der Waals surface area contributed by atoms with Crippen LogP contribution in [0.25, 0.3) is 0 Å². The number of rotatable bonds is 4. The maximum atomic E-state index is 13.5. The molecule has 2 aliphatic rings. The van der Waals surface area contributed by atoms with Gasteiger partial charge in [0.15, 0.2) is 0 Å². The molecule has 2 amide bonds. The Bertz CT molecular complexity index is 797. The number of nitrogens with two attached hydrogens (primary N) is 1. The van der Waals surface area contributed by atoms with Crippen LogP contribution in [0.3, 0.4) is 0 Å². The van der Waals surface area contributed by atoms with Crippen LogP contribution in [-0.2, 0) is 28.7 Å². The second kappa shape index (κ2) is 7.89. The van der Waals surface area contributed by atoms with E-state index in [4.69, 9.17) is 5.73 Å². The van der Waals surface area contributed by atoms with Crippen LogP contribution in [0.4, 0.5) is 22.0 Å². The fourth-order valence-electron chi connectivity index (χ4n) is 3.85. The molecule has 1 saturated heterocycles. The van der Waals surface area contributed by atoms with E-state index in [2.05, 4.69) is 0 Å². The predicted octanol–water partition coefficient (Wildman–Crippen LogP) is 2.57. The molecule has 2 N–H and O–H groups in total. The number of fused-ring (bicyclic) bond motifs is 1. The van der Waals surface area contributed by atoms with Gasteiger partial charge in [-0.2, -0.15) is 13.2 Å². The van der Waals surface area contributed by atoms with Gasteiger partial charge in [-0.25, -0.2) is 8.78 Å². The molecule has 1 fully saturated rings. The van der Waals surface area contributed by atoms with Crippen molar-refractivity contribution in [2.45, 2.75) is 50.4 Å². The summed E-state index contributed by atoms with van der Waals surface area (Å²) >= 11 is 0. The zero-order valence-corrected chi connectivity index (χ0v) is 15.6. The maximum Gasteiger partial charge on any atom is 0.416 e. The number of likely N-dealkylation sites (tertiary alicyclic amines) is 1. The van der Waals surface area contributed by atoms with E-state index < -0.39 is 42.6 Å². The Hall–Kier alpha value is -2.23. The van der Waals surface area contributed by atoms with E-state index in [9.17, 15) is 31.5 Å². The minimum absolute atomic E-state index is 0.0333. The van der Waals surface area contributed by atoms with Crippen molar-refractivity contribution in [2.24, 2.45) is 5.73 Å². The summed E-state index contributed by atoms with van der Waals surface area (Å²) in [5.41, 5.74) is 5.83. The lowest BCUT2D eigenvalue weighted by atomic mass is 9.94. The van der Waals surface area contributed by atoms with Crippen molar-refractivity contribution < 1.29 is 31.5 Å². The number of carbonyl (C=O) groups excluding carboxylic acids is 2. The Morgan fingerprint density at radius 1 is 1.24 bits per heavy atom. The van der Waals surface area contributed by atoms with Gasteiger partial charge in [0, 0.05) is 44.9 Å². The first-order valence-corrected chi connectivity index (χ1v) is 9.33. The van der Waals surface area contributed by atoms with Gasteiger partial charge in [0.25, 0.3) is 5.92 Å². The second-order valence-electron chi connectivity index (χ2n) is 7.60. The molecule has 1 aromatic carbocycles. The molecule has 1 unspecified atom stereocenters. The molecule has 2 heterocycles. The zero-order chi connectivity index (χ0) is 21.4. The Morgan fingerprint density at radius 2 is 1.97 bits per heavy atom. The number of nitrogens with zero attached hydrogens (tertiary/aromatic N) is 2. The highest BCUT2D eigenvalue weighted by molar-refractivity contribution is 5.78. The van der Waals surface area contributed by atoms with Crippen LogP contribution in [0.2, 0.25) is 0 Å². The standard InChI is InChI=1S/C19H22F5N3O2/c20-18(21)6-4-16(28)27(11-18)10-13(25)8-17(29)26-7-5-14-12(9-26)2-1-3-15(14)19(22,23)24/h1-3,13H,4-11,25H2. The number of alkyl halides is 5. The highest BCUT2D eigenvalue weighted by atomic mass is 19.4. The molecule has 0 radical (unpaired) electrons. The van der Waals surface area contributed by atoms with Gasteiger partial charge in [-0.3, -0.25) is 9.59 Å². The molecular formula is C19H22F5N3O2. The van der Waals surface area contributed by atoms with Crippen LogP contribution in [0.15, 0.2) is 18.2 Å². The molecule has 3 rings (SSSR count). The first kappa shape index (κ1) is 21.5. The van der Waals surface area contributed by atoms with Crippen LogP contribution in [0.1, 0.15) is 36.0 Å². The summed E-state index contributed by atoms with van der Waals surface area (Å²) in [5.74, 6) is -3.77. The number of benzene rings is 1. The van der Waals surface area contributed by atoms with Crippen molar-refractivity contribution in [3.05, 3.63) is 34.9 Å². The lowest BCUT2D eigenvalue weighted by Crippen LogP contribution is -2.51. The Morgan fingerprint density at radius 3 is 2.66 bits per heavy atom. The van der Waals surface area contributed by atoms with E-state index in [0.717, 1.165) is 11.0 Å². The molecule has 0 spiro atoms. The topological polar surface area (TPSA) is 66.6 Å². The van der Waals surface area contributed by atoms with Crippen molar-refractivity contribution in [2.75, 3.05) is 19.6 Å². The minimum Gasteiger partial charge on any atom is -0.338 e. The van der Waals surface area contributed by atoms with Crippen LogP contribution in [-0.4, -0.2) is 53.2 Å². The largest absolute Gasteiger partial charge is 0.416 e. The Balaban J connectivity index is 1.60. The highest BCUT2D eigenvalue weighted by Gasteiger charge is 2.40. The number of carbonyl (C=O) groups is 2. The average Bonchev–Trinajstić information content (AvgIpc) is 2.62. The van der Waals surface area contributed by atoms with E-state index in [-0.39, 0.29) is 50.4 Å². The molecule has 10 heteroatoms. The van der Waals surface area contributed by atoms with E-state index in [1.54, 1.807) is 6.07 Å². The molecule has 0 bridgehead atoms. The number of hydrogen-bond acceptors (Lipinski definition) is 3. The quantitative estimate of drug-likeness (QED) is 0.763. The lowest BCUT2D eigenvalue weighted by molar-refractivity contribution is -0.148. The molecule has 29 heavy (non-hydrogen) atoms. The second-order valence-corrected chi connectivity index (χ2v) is 7.60. The highest BCUT2D eigenvalue weighted by Crippen LogP contribution is 2.35. The molecular weight excluding hydrogens is 397 g/mol. The normalized spacial score (nSPS) is 20.4. The van der Waals surface area contributed by atoms with Gasteiger partial charge in [-0.05, 0) is 23.6 Å². The third-order valence-electron chi connectivity index (χ3n) is 5.30. The summed E-state index contributed by atoms with van der Waals surface area (Å²) in [4.78, 5) is 26.7. The first-order chi connectivity index (χ1) is 13.5. The monoisotopic (exact) mass is 419 g/mol. The maximum absolute atomic E-state index is 13.5. The van der Waals surface area contributed by atoms with E-state index in [0.29, 0.717) is 5.56 Å². The number of amides is 2. The third kappa shape index (κ3) is 5.04. The van der Waals surface area contributed by atoms with Crippen molar-refractivity contribution in [3.63, 3.8) is 0 Å². The fraction of sp³-hybridized carbons (Fsp3) is 0.579. The number of hydrogen-bond donors (Lipinski definition) is 1. The van der Waals surface area contributed by atoms with Crippen molar-refractivity contribution in [1.82, 2.24) is 9.80 Å². The predicted molar refractivity (Wildman–Crippen MR) is 93.9 cm³/mol. The third-order valence-corrected chi connectivity index (χ3v) is 5.30. The van der Waals surface area contributed by atoms with Crippen LogP contribution < -0.4 is 5.73 Å². The Kier molecular flexibility index (Phi) is 5.84. The van der Waals surface area contributed by atoms with Crippen molar-refractivity contribution in [1.29, 1.82) is 0 Å². The SMILES string of the molecule is NC(CC(=O)N1CCc2c(cccc2C(F)(F)F)C1)CN1CC(F)(F)CCC1=O. The fourth-order valence-corrected chi connectivity index (χ4v) is 3.85. The summed E-state index contributed by atoms with van der Waals surface area (Å²) in [5, 5.41) is 0. The van der Waals surface area contributed by atoms with Crippen molar-refractivity contribution >= 4 is 11.8 Å².